The summed E-state index contributed by atoms with van der Waals surface area (Å²) in [6, 6.07) is 6.71. The highest BCUT2D eigenvalue weighted by Crippen LogP contribution is 2.11. The summed E-state index contributed by atoms with van der Waals surface area (Å²) in [4.78, 5) is 0. The quantitative estimate of drug-likeness (QED) is 0.641. The van der Waals surface area contributed by atoms with Crippen LogP contribution in [0.1, 0.15) is 12.8 Å². The third-order valence-electron chi connectivity index (χ3n) is 1.53. The number of benzene rings is 1. The molecular formula is C10H11F2O. The Morgan fingerprint density at radius 1 is 1.38 bits per heavy atom. The summed E-state index contributed by atoms with van der Waals surface area (Å²) in [7, 11) is 0. The molecule has 1 aromatic rings. The van der Waals surface area contributed by atoms with Crippen LogP contribution in [0.3, 0.4) is 0 Å². The van der Waals surface area contributed by atoms with Gasteiger partial charge in [-0.3, -0.25) is 4.39 Å². The largest absolute Gasteiger partial charge is 0.493 e. The number of hydrogen-bond acceptors (Lipinski definition) is 1. The van der Waals surface area contributed by atoms with E-state index in [1.807, 2.05) is 0 Å². The van der Waals surface area contributed by atoms with Crippen LogP contribution in [0.2, 0.25) is 0 Å². The van der Waals surface area contributed by atoms with Crippen LogP contribution in [-0.2, 0) is 0 Å². The van der Waals surface area contributed by atoms with Gasteiger partial charge in [0.15, 0.2) is 0 Å². The van der Waals surface area contributed by atoms with Crippen molar-refractivity contribution in [2.75, 3.05) is 13.3 Å². The predicted octanol–water partition coefficient (Wildman–Crippen LogP) is 2.75. The lowest BCUT2D eigenvalue weighted by Crippen LogP contribution is -1.97. The molecule has 0 fully saturated rings. The first-order valence-electron chi connectivity index (χ1n) is 4.19. The molecule has 0 aliphatic carbocycles. The second-order valence-electron chi connectivity index (χ2n) is 2.62. The summed E-state index contributed by atoms with van der Waals surface area (Å²) < 4.78 is 29.4. The van der Waals surface area contributed by atoms with E-state index in [2.05, 4.69) is 6.07 Å². The number of ether oxygens (including phenoxy) is 1. The Morgan fingerprint density at radius 2 is 2.23 bits per heavy atom. The molecule has 0 amide bonds. The zero-order valence-electron chi connectivity index (χ0n) is 7.22. The normalized spacial score (nSPS) is 10.0. The third kappa shape index (κ3) is 3.87. The van der Waals surface area contributed by atoms with Crippen molar-refractivity contribution < 1.29 is 13.5 Å². The zero-order chi connectivity index (χ0) is 9.52. The van der Waals surface area contributed by atoms with E-state index in [0.29, 0.717) is 25.2 Å². The number of rotatable bonds is 5. The van der Waals surface area contributed by atoms with Crippen molar-refractivity contribution in [3.63, 3.8) is 0 Å². The Morgan fingerprint density at radius 3 is 2.92 bits per heavy atom. The second-order valence-corrected chi connectivity index (χ2v) is 2.62. The SMILES string of the molecule is FCCCCOc1cc[c]c(F)c1. The van der Waals surface area contributed by atoms with Gasteiger partial charge >= 0.3 is 0 Å². The predicted molar refractivity (Wildman–Crippen MR) is 45.9 cm³/mol. The van der Waals surface area contributed by atoms with Crippen molar-refractivity contribution in [2.24, 2.45) is 0 Å². The Bertz CT molecular complexity index is 250. The fourth-order valence-electron chi connectivity index (χ4n) is 0.894. The van der Waals surface area contributed by atoms with Crippen molar-refractivity contribution in [1.29, 1.82) is 0 Å². The summed E-state index contributed by atoms with van der Waals surface area (Å²) in [6.45, 7) is 0.0909. The van der Waals surface area contributed by atoms with Crippen molar-refractivity contribution in [3.05, 3.63) is 30.1 Å². The Balaban J connectivity index is 2.28. The van der Waals surface area contributed by atoms with Gasteiger partial charge in [0.25, 0.3) is 0 Å². The molecule has 1 aromatic carbocycles. The fraction of sp³-hybridized carbons (Fsp3) is 0.400. The molecule has 0 saturated heterocycles. The van der Waals surface area contributed by atoms with Crippen LogP contribution in [0, 0.1) is 11.9 Å². The highest BCUT2D eigenvalue weighted by molar-refractivity contribution is 5.21. The molecule has 71 valence electrons. The molecule has 0 heterocycles. The van der Waals surface area contributed by atoms with Gasteiger partial charge in [-0.1, -0.05) is 0 Å². The fourth-order valence-corrected chi connectivity index (χ4v) is 0.894. The smallest absolute Gasteiger partial charge is 0.134 e. The van der Waals surface area contributed by atoms with Crippen LogP contribution >= 0.6 is 0 Å². The van der Waals surface area contributed by atoms with E-state index >= 15 is 0 Å². The molecule has 1 nitrogen and oxygen atoms in total. The van der Waals surface area contributed by atoms with Gasteiger partial charge in [-0.25, -0.2) is 4.39 Å². The molecular weight excluding hydrogens is 174 g/mol. The van der Waals surface area contributed by atoms with Crippen LogP contribution in [0.15, 0.2) is 18.2 Å². The first-order chi connectivity index (χ1) is 6.33. The zero-order valence-corrected chi connectivity index (χ0v) is 7.22. The lowest BCUT2D eigenvalue weighted by atomic mass is 10.3. The Hall–Kier alpha value is -1.12. The van der Waals surface area contributed by atoms with Gasteiger partial charge in [-0.15, -0.1) is 0 Å². The molecule has 0 unspecified atom stereocenters. The lowest BCUT2D eigenvalue weighted by molar-refractivity contribution is 0.296. The van der Waals surface area contributed by atoms with Gasteiger partial charge < -0.3 is 4.74 Å². The molecule has 3 heteroatoms. The maximum atomic E-state index is 12.5. The molecule has 0 spiro atoms. The van der Waals surface area contributed by atoms with Crippen molar-refractivity contribution >= 4 is 0 Å². The molecule has 0 atom stereocenters. The highest BCUT2D eigenvalue weighted by atomic mass is 19.1. The molecule has 0 aliphatic heterocycles. The van der Waals surface area contributed by atoms with Crippen LogP contribution < -0.4 is 4.74 Å². The third-order valence-corrected chi connectivity index (χ3v) is 1.53. The minimum absolute atomic E-state index is 0.333. The van der Waals surface area contributed by atoms with Crippen molar-refractivity contribution in [2.45, 2.75) is 12.8 Å². The van der Waals surface area contributed by atoms with Crippen molar-refractivity contribution in [3.8, 4) is 5.75 Å². The monoisotopic (exact) mass is 185 g/mol. The Labute approximate surface area is 76.3 Å². The molecule has 13 heavy (non-hydrogen) atoms. The van der Waals surface area contributed by atoms with E-state index in [0.717, 1.165) is 0 Å². The first-order valence-corrected chi connectivity index (χ1v) is 4.19. The van der Waals surface area contributed by atoms with Crippen LogP contribution in [0.25, 0.3) is 0 Å². The van der Waals surface area contributed by atoms with Gasteiger partial charge in [0, 0.05) is 12.1 Å². The molecule has 0 aliphatic rings. The summed E-state index contributed by atoms with van der Waals surface area (Å²) >= 11 is 0. The van der Waals surface area contributed by atoms with E-state index in [-0.39, 0.29) is 6.67 Å². The summed E-state index contributed by atoms with van der Waals surface area (Å²) in [5.41, 5.74) is 0. The Kier molecular flexibility index (Phi) is 4.23. The van der Waals surface area contributed by atoms with Gasteiger partial charge in [0.2, 0.25) is 0 Å². The minimum Gasteiger partial charge on any atom is -0.493 e. The second kappa shape index (κ2) is 5.51. The number of unbranched alkanes of at least 4 members (excludes halogenated alkanes) is 1. The van der Waals surface area contributed by atoms with Crippen LogP contribution in [0.5, 0.6) is 5.75 Å². The van der Waals surface area contributed by atoms with E-state index in [1.165, 1.54) is 12.1 Å². The molecule has 0 saturated carbocycles. The number of halogens is 2. The van der Waals surface area contributed by atoms with E-state index in [1.54, 1.807) is 6.07 Å². The van der Waals surface area contributed by atoms with E-state index in [4.69, 9.17) is 4.74 Å². The maximum absolute atomic E-state index is 12.5. The summed E-state index contributed by atoms with van der Waals surface area (Å²) in [6.07, 6.45) is 1.14. The number of hydrogen-bond donors (Lipinski definition) is 0. The highest BCUT2D eigenvalue weighted by Gasteiger charge is 1.95. The molecule has 1 rings (SSSR count). The van der Waals surface area contributed by atoms with E-state index < -0.39 is 5.82 Å². The van der Waals surface area contributed by atoms with Crippen LogP contribution in [-0.4, -0.2) is 13.3 Å². The van der Waals surface area contributed by atoms with Gasteiger partial charge in [0.05, 0.1) is 13.3 Å². The topological polar surface area (TPSA) is 9.23 Å². The molecule has 0 bridgehead atoms. The number of alkyl halides is 1. The maximum Gasteiger partial charge on any atom is 0.134 e. The minimum atomic E-state index is -0.442. The average molecular weight is 185 g/mol. The molecule has 1 radical (unpaired) electrons. The van der Waals surface area contributed by atoms with Gasteiger partial charge in [-0.05, 0) is 25.0 Å². The van der Waals surface area contributed by atoms with Gasteiger partial charge in [-0.2, -0.15) is 0 Å². The lowest BCUT2D eigenvalue weighted by Gasteiger charge is -2.04. The van der Waals surface area contributed by atoms with E-state index in [9.17, 15) is 8.78 Å². The first kappa shape index (κ1) is 9.96. The van der Waals surface area contributed by atoms with Gasteiger partial charge in [0.1, 0.15) is 11.6 Å². The average Bonchev–Trinajstić information content (AvgIpc) is 2.13. The molecule has 0 N–H and O–H groups in total. The standard InChI is InChI=1S/C10H11F2O/c11-6-1-2-7-13-10-5-3-4-9(12)8-10/h3,5,8H,1-2,6-7H2. The molecule has 0 aromatic heterocycles. The summed E-state index contributed by atoms with van der Waals surface area (Å²) in [5.74, 6) is 0.0260. The van der Waals surface area contributed by atoms with Crippen LogP contribution in [0.4, 0.5) is 8.78 Å². The van der Waals surface area contributed by atoms with Crippen molar-refractivity contribution in [1.82, 2.24) is 0 Å². The summed E-state index contributed by atoms with van der Waals surface area (Å²) in [5, 5.41) is 0.